The van der Waals surface area contributed by atoms with Crippen molar-refractivity contribution in [3.63, 3.8) is 0 Å². The van der Waals surface area contributed by atoms with Crippen molar-refractivity contribution in [2.75, 3.05) is 36.6 Å². The average Bonchev–Trinajstić information content (AvgIpc) is 2.62. The van der Waals surface area contributed by atoms with Gasteiger partial charge in [0.15, 0.2) is 0 Å². The van der Waals surface area contributed by atoms with E-state index in [1.54, 1.807) is 18.2 Å². The lowest BCUT2D eigenvalue weighted by Crippen LogP contribution is -2.37. The summed E-state index contributed by atoms with van der Waals surface area (Å²) in [5.74, 6) is 0.314. The summed E-state index contributed by atoms with van der Waals surface area (Å²) in [5.41, 5.74) is 2.83. The maximum absolute atomic E-state index is 12.6. The van der Waals surface area contributed by atoms with Crippen molar-refractivity contribution in [2.45, 2.75) is 13.8 Å². The number of benzene rings is 2. The van der Waals surface area contributed by atoms with E-state index in [9.17, 15) is 13.2 Å². The van der Waals surface area contributed by atoms with E-state index in [2.05, 4.69) is 5.32 Å². The van der Waals surface area contributed by atoms with Crippen molar-refractivity contribution in [1.82, 2.24) is 0 Å². The number of aryl methyl sites for hydroxylation is 1. The molecule has 0 spiro atoms. The number of rotatable bonds is 7. The molecule has 0 fully saturated rings. The van der Waals surface area contributed by atoms with Crippen LogP contribution in [0.5, 0.6) is 11.5 Å². The third-order valence-corrected chi connectivity index (χ3v) is 5.35. The highest BCUT2D eigenvalue weighted by atomic mass is 32.2. The molecule has 0 aliphatic heterocycles. The fraction of sp³-hybridized carbons (Fsp3) is 0.316. The molecule has 2 rings (SSSR count). The minimum absolute atomic E-state index is 0.232. The van der Waals surface area contributed by atoms with Gasteiger partial charge in [-0.25, -0.2) is 8.42 Å². The maximum atomic E-state index is 12.6. The van der Waals surface area contributed by atoms with E-state index in [4.69, 9.17) is 9.47 Å². The number of carbonyl (C=O) groups is 1. The second kappa shape index (κ2) is 8.30. The van der Waals surface area contributed by atoms with Crippen LogP contribution in [0.3, 0.4) is 0 Å². The van der Waals surface area contributed by atoms with Gasteiger partial charge in [0, 0.05) is 11.8 Å². The Balaban J connectivity index is 2.36. The standard InChI is InChI=1S/C19H24N2O5S/c1-13-7-6-8-16(14(13)2)20-19(22)12-21(27(5,23)24)17-11-15(25-3)9-10-18(17)26-4/h6-11H,12H2,1-5H3,(H,20,22). The lowest BCUT2D eigenvalue weighted by molar-refractivity contribution is -0.114. The summed E-state index contributed by atoms with van der Waals surface area (Å²) in [5, 5.41) is 2.77. The van der Waals surface area contributed by atoms with Crippen LogP contribution in [-0.4, -0.2) is 41.3 Å². The number of ether oxygens (including phenoxy) is 2. The number of nitrogens with one attached hydrogen (secondary N) is 1. The van der Waals surface area contributed by atoms with Gasteiger partial charge in [0.05, 0.1) is 26.2 Å². The molecule has 0 aliphatic carbocycles. The van der Waals surface area contributed by atoms with Crippen molar-refractivity contribution in [3.8, 4) is 11.5 Å². The van der Waals surface area contributed by atoms with Crippen molar-refractivity contribution in [2.24, 2.45) is 0 Å². The van der Waals surface area contributed by atoms with Crippen LogP contribution >= 0.6 is 0 Å². The molecule has 0 saturated heterocycles. The van der Waals surface area contributed by atoms with E-state index >= 15 is 0 Å². The van der Waals surface area contributed by atoms with Crippen LogP contribution in [0.25, 0.3) is 0 Å². The van der Waals surface area contributed by atoms with Crippen LogP contribution in [0.4, 0.5) is 11.4 Å². The van der Waals surface area contributed by atoms with Crippen molar-refractivity contribution in [1.29, 1.82) is 0 Å². The number of methoxy groups -OCH3 is 2. The number of anilines is 2. The highest BCUT2D eigenvalue weighted by Crippen LogP contribution is 2.33. The van der Waals surface area contributed by atoms with Crippen LogP contribution in [-0.2, 0) is 14.8 Å². The lowest BCUT2D eigenvalue weighted by atomic mass is 10.1. The lowest BCUT2D eigenvalue weighted by Gasteiger charge is -2.24. The van der Waals surface area contributed by atoms with Crippen LogP contribution in [0.1, 0.15) is 11.1 Å². The molecule has 0 unspecified atom stereocenters. The van der Waals surface area contributed by atoms with Crippen molar-refractivity contribution in [3.05, 3.63) is 47.5 Å². The first-order valence-electron chi connectivity index (χ1n) is 8.23. The Morgan fingerprint density at radius 2 is 1.81 bits per heavy atom. The number of hydrogen-bond acceptors (Lipinski definition) is 5. The van der Waals surface area contributed by atoms with Gasteiger partial charge < -0.3 is 14.8 Å². The third-order valence-electron chi connectivity index (χ3n) is 4.22. The number of nitrogens with zero attached hydrogens (tertiary/aromatic N) is 1. The topological polar surface area (TPSA) is 84.9 Å². The van der Waals surface area contributed by atoms with Gasteiger partial charge in [0.1, 0.15) is 18.0 Å². The Bertz CT molecular complexity index is 941. The van der Waals surface area contributed by atoms with E-state index in [0.29, 0.717) is 17.2 Å². The minimum atomic E-state index is -3.74. The van der Waals surface area contributed by atoms with Gasteiger partial charge in [0.2, 0.25) is 15.9 Å². The van der Waals surface area contributed by atoms with Gasteiger partial charge in [-0.15, -0.1) is 0 Å². The van der Waals surface area contributed by atoms with E-state index in [1.807, 2.05) is 26.0 Å². The molecule has 0 bridgehead atoms. The first kappa shape index (κ1) is 20.6. The summed E-state index contributed by atoms with van der Waals surface area (Å²) in [6.45, 7) is 3.44. The van der Waals surface area contributed by atoms with E-state index in [0.717, 1.165) is 21.7 Å². The molecule has 146 valence electrons. The van der Waals surface area contributed by atoms with Gasteiger partial charge >= 0.3 is 0 Å². The van der Waals surface area contributed by atoms with Crippen molar-refractivity contribution < 1.29 is 22.7 Å². The highest BCUT2D eigenvalue weighted by molar-refractivity contribution is 7.92. The van der Waals surface area contributed by atoms with Gasteiger partial charge in [-0.2, -0.15) is 0 Å². The van der Waals surface area contributed by atoms with E-state index in [1.165, 1.54) is 20.3 Å². The molecular weight excluding hydrogens is 368 g/mol. The highest BCUT2D eigenvalue weighted by Gasteiger charge is 2.25. The molecule has 0 aromatic heterocycles. The molecule has 8 heteroatoms. The summed E-state index contributed by atoms with van der Waals surface area (Å²) in [7, 11) is -0.836. The summed E-state index contributed by atoms with van der Waals surface area (Å²) in [4.78, 5) is 12.6. The normalized spacial score (nSPS) is 11.0. The molecule has 7 nitrogen and oxygen atoms in total. The first-order chi connectivity index (χ1) is 12.7. The average molecular weight is 392 g/mol. The SMILES string of the molecule is COc1ccc(OC)c(N(CC(=O)Nc2cccc(C)c2C)S(C)(=O)=O)c1. The molecule has 0 aliphatic rings. The van der Waals surface area contributed by atoms with Crippen LogP contribution in [0.15, 0.2) is 36.4 Å². The Hall–Kier alpha value is -2.74. The number of carbonyl (C=O) groups excluding carboxylic acids is 1. The summed E-state index contributed by atoms with van der Waals surface area (Å²) in [6.07, 6.45) is 1.04. The summed E-state index contributed by atoms with van der Waals surface area (Å²) < 4.78 is 36.1. The third kappa shape index (κ3) is 4.91. The first-order valence-corrected chi connectivity index (χ1v) is 10.1. The Morgan fingerprint density at radius 3 is 2.41 bits per heavy atom. The number of amides is 1. The molecule has 27 heavy (non-hydrogen) atoms. The second-order valence-corrected chi connectivity index (χ2v) is 8.01. The zero-order valence-corrected chi connectivity index (χ0v) is 16.9. The molecule has 0 saturated carbocycles. The Labute approximate surface area is 160 Å². The van der Waals surface area contributed by atoms with Gasteiger partial charge in [-0.1, -0.05) is 12.1 Å². The maximum Gasteiger partial charge on any atom is 0.245 e. The minimum Gasteiger partial charge on any atom is -0.497 e. The largest absolute Gasteiger partial charge is 0.497 e. The quantitative estimate of drug-likeness (QED) is 0.783. The molecule has 2 aromatic rings. The summed E-state index contributed by atoms with van der Waals surface area (Å²) in [6, 6.07) is 10.3. The smallest absolute Gasteiger partial charge is 0.245 e. The van der Waals surface area contributed by atoms with Crippen LogP contribution in [0.2, 0.25) is 0 Å². The monoisotopic (exact) mass is 392 g/mol. The molecular formula is C19H24N2O5S. The van der Waals surface area contributed by atoms with Gasteiger partial charge in [0.25, 0.3) is 0 Å². The Morgan fingerprint density at radius 1 is 1.11 bits per heavy atom. The molecule has 1 N–H and O–H groups in total. The zero-order chi connectivity index (χ0) is 20.2. The Kier molecular flexibility index (Phi) is 6.32. The number of sulfonamides is 1. The molecule has 0 radical (unpaired) electrons. The second-order valence-electron chi connectivity index (χ2n) is 6.10. The van der Waals surface area contributed by atoms with E-state index in [-0.39, 0.29) is 5.69 Å². The fourth-order valence-corrected chi connectivity index (χ4v) is 3.43. The van der Waals surface area contributed by atoms with E-state index < -0.39 is 22.5 Å². The zero-order valence-electron chi connectivity index (χ0n) is 16.1. The van der Waals surface area contributed by atoms with Crippen LogP contribution < -0.4 is 19.1 Å². The van der Waals surface area contributed by atoms with Crippen LogP contribution in [0, 0.1) is 13.8 Å². The predicted molar refractivity (Wildman–Crippen MR) is 106 cm³/mol. The van der Waals surface area contributed by atoms with Gasteiger partial charge in [-0.05, 0) is 43.2 Å². The van der Waals surface area contributed by atoms with Crippen molar-refractivity contribution >= 4 is 27.3 Å². The predicted octanol–water partition coefficient (Wildman–Crippen LogP) is 2.73. The molecule has 0 heterocycles. The van der Waals surface area contributed by atoms with Gasteiger partial charge in [-0.3, -0.25) is 9.10 Å². The molecule has 2 aromatic carbocycles. The molecule has 1 amide bonds. The number of hydrogen-bond donors (Lipinski definition) is 1. The fourth-order valence-electron chi connectivity index (χ4n) is 2.58. The summed E-state index contributed by atoms with van der Waals surface area (Å²) >= 11 is 0. The molecule has 0 atom stereocenters.